The third-order valence-corrected chi connectivity index (χ3v) is 7.10. The molecule has 3 fully saturated rings. The normalized spacial score (nSPS) is 47.1. The third kappa shape index (κ3) is 7.02. The summed E-state index contributed by atoms with van der Waals surface area (Å²) in [6, 6.07) is -4.37. The SMILES string of the molecule is CC(=O)CC(=O)O[C@@]1(CO)O[C@H](OC2[C@@H](CO)O[C@@H](OC3[C@@H](CO)O[C@@H](O)[C@H](N)[C@H]3O)[C@H](N)[C@H]2O)[C@H](N)[C@@H](O)[C@@H]1O. The summed E-state index contributed by atoms with van der Waals surface area (Å²) in [6.45, 7) is -1.66. The molecule has 0 saturated carbocycles. The van der Waals surface area contributed by atoms with E-state index >= 15 is 0 Å². The second kappa shape index (κ2) is 13.9. The van der Waals surface area contributed by atoms with Gasteiger partial charge in [-0.1, -0.05) is 0 Å². The van der Waals surface area contributed by atoms with Gasteiger partial charge in [-0.15, -0.1) is 0 Å². The molecule has 41 heavy (non-hydrogen) atoms. The zero-order valence-corrected chi connectivity index (χ0v) is 22.0. The third-order valence-electron chi connectivity index (χ3n) is 7.10. The summed E-state index contributed by atoms with van der Waals surface area (Å²) in [5.74, 6) is -4.44. The van der Waals surface area contributed by atoms with Crippen LogP contribution in [0.1, 0.15) is 13.3 Å². The van der Waals surface area contributed by atoms with E-state index in [4.69, 9.17) is 45.6 Å². The van der Waals surface area contributed by atoms with Gasteiger partial charge < -0.3 is 86.5 Å². The second-order valence-corrected chi connectivity index (χ2v) is 10.1. The van der Waals surface area contributed by atoms with E-state index in [9.17, 15) is 50.4 Å². The van der Waals surface area contributed by atoms with Gasteiger partial charge in [0.05, 0.1) is 31.3 Å². The van der Waals surface area contributed by atoms with Gasteiger partial charge in [0.15, 0.2) is 18.9 Å². The van der Waals surface area contributed by atoms with Gasteiger partial charge in [0.2, 0.25) is 0 Å². The predicted molar refractivity (Wildman–Crippen MR) is 127 cm³/mol. The van der Waals surface area contributed by atoms with Crippen LogP contribution in [0.4, 0.5) is 0 Å². The number of ketones is 1. The lowest BCUT2D eigenvalue weighted by atomic mass is 9.93. The average molecular weight is 602 g/mol. The van der Waals surface area contributed by atoms with Crippen molar-refractivity contribution in [3.05, 3.63) is 0 Å². The van der Waals surface area contributed by atoms with E-state index in [1.807, 2.05) is 0 Å². The minimum atomic E-state index is -2.63. The fourth-order valence-electron chi connectivity index (χ4n) is 4.73. The molecule has 3 heterocycles. The number of hydrogen-bond acceptors (Lipinski definition) is 19. The summed E-state index contributed by atoms with van der Waals surface area (Å²) in [7, 11) is 0. The first-order valence-electron chi connectivity index (χ1n) is 12.7. The number of carbonyl (C=O) groups excluding carboxylic acids is 2. The molecule has 0 radical (unpaired) electrons. The van der Waals surface area contributed by atoms with E-state index in [1.165, 1.54) is 0 Å². The largest absolute Gasteiger partial charge is 0.427 e. The van der Waals surface area contributed by atoms with E-state index in [0.717, 1.165) is 6.92 Å². The lowest BCUT2D eigenvalue weighted by Crippen LogP contribution is -2.72. The Morgan fingerprint density at radius 1 is 0.780 bits per heavy atom. The molecule has 14 N–H and O–H groups in total. The Balaban J connectivity index is 1.78. The Kier molecular flexibility index (Phi) is 11.5. The molecule has 0 spiro atoms. The van der Waals surface area contributed by atoms with Crippen LogP contribution in [-0.2, 0) is 38.0 Å². The van der Waals surface area contributed by atoms with Crippen molar-refractivity contribution in [3.63, 3.8) is 0 Å². The van der Waals surface area contributed by atoms with Crippen molar-refractivity contribution in [2.75, 3.05) is 19.8 Å². The van der Waals surface area contributed by atoms with E-state index in [2.05, 4.69) is 0 Å². The molecule has 3 saturated heterocycles. The van der Waals surface area contributed by atoms with Gasteiger partial charge in [0.1, 0.15) is 67.6 Å². The number of carbonyl (C=O) groups is 2. The maximum Gasteiger partial charge on any atom is 0.315 e. The van der Waals surface area contributed by atoms with Crippen LogP contribution < -0.4 is 17.2 Å². The van der Waals surface area contributed by atoms with Crippen LogP contribution in [0.5, 0.6) is 0 Å². The van der Waals surface area contributed by atoms with Crippen LogP contribution in [0.3, 0.4) is 0 Å². The van der Waals surface area contributed by atoms with Crippen molar-refractivity contribution in [2.45, 2.75) is 105 Å². The molecule has 3 rings (SSSR count). The zero-order chi connectivity index (χ0) is 30.8. The first-order chi connectivity index (χ1) is 19.2. The van der Waals surface area contributed by atoms with Crippen LogP contribution in [0.25, 0.3) is 0 Å². The van der Waals surface area contributed by atoms with Gasteiger partial charge in [-0.2, -0.15) is 0 Å². The smallest absolute Gasteiger partial charge is 0.315 e. The van der Waals surface area contributed by atoms with Crippen LogP contribution in [-0.4, -0.2) is 164 Å². The van der Waals surface area contributed by atoms with Crippen LogP contribution in [0, 0.1) is 0 Å². The molecule has 0 aromatic carbocycles. The number of esters is 1. The lowest BCUT2D eigenvalue weighted by molar-refractivity contribution is -0.399. The first kappa shape index (κ1) is 34.0. The van der Waals surface area contributed by atoms with Crippen LogP contribution in [0.2, 0.25) is 0 Å². The van der Waals surface area contributed by atoms with Crippen molar-refractivity contribution in [1.82, 2.24) is 0 Å². The van der Waals surface area contributed by atoms with Gasteiger partial charge in [0.25, 0.3) is 5.79 Å². The molecule has 19 heteroatoms. The quantitative estimate of drug-likeness (QED) is 0.0817. The molecular weight excluding hydrogens is 562 g/mol. The van der Waals surface area contributed by atoms with Gasteiger partial charge in [-0.25, -0.2) is 0 Å². The number of aliphatic hydroxyl groups excluding tert-OH is 8. The van der Waals surface area contributed by atoms with Crippen molar-refractivity contribution < 1.29 is 78.9 Å². The van der Waals surface area contributed by atoms with Gasteiger partial charge in [0, 0.05) is 0 Å². The summed E-state index contributed by atoms with van der Waals surface area (Å²) >= 11 is 0. The summed E-state index contributed by atoms with van der Waals surface area (Å²) < 4.78 is 32.5. The molecule has 3 aliphatic heterocycles. The number of nitrogens with two attached hydrogens (primary N) is 3. The summed E-state index contributed by atoms with van der Waals surface area (Å²) in [5, 5.41) is 81.7. The highest BCUT2D eigenvalue weighted by Gasteiger charge is 2.58. The first-order valence-corrected chi connectivity index (χ1v) is 12.7. The van der Waals surface area contributed by atoms with Gasteiger partial charge >= 0.3 is 5.97 Å². The van der Waals surface area contributed by atoms with Gasteiger partial charge in [-0.3, -0.25) is 9.59 Å². The molecule has 0 aromatic rings. The van der Waals surface area contributed by atoms with Crippen molar-refractivity contribution >= 4 is 11.8 Å². The summed E-state index contributed by atoms with van der Waals surface area (Å²) in [6.07, 6.45) is -18.7. The molecule has 238 valence electrons. The Morgan fingerprint density at radius 2 is 1.29 bits per heavy atom. The van der Waals surface area contributed by atoms with Crippen molar-refractivity contribution in [2.24, 2.45) is 17.2 Å². The highest BCUT2D eigenvalue weighted by Crippen LogP contribution is 2.35. The fourth-order valence-corrected chi connectivity index (χ4v) is 4.73. The maximum atomic E-state index is 12.1. The number of hydrogen-bond donors (Lipinski definition) is 11. The predicted octanol–water partition coefficient (Wildman–Crippen LogP) is -7.82. The van der Waals surface area contributed by atoms with E-state index < -0.39 is 130 Å². The minimum Gasteiger partial charge on any atom is -0.427 e. The monoisotopic (exact) mass is 601 g/mol. The lowest BCUT2D eigenvalue weighted by Gasteiger charge is -2.50. The molecule has 0 aliphatic carbocycles. The van der Waals surface area contributed by atoms with Crippen LogP contribution >= 0.6 is 0 Å². The molecule has 0 aromatic heterocycles. The molecule has 15 atom stereocenters. The number of ether oxygens (including phenoxy) is 6. The molecule has 19 nitrogen and oxygen atoms in total. The van der Waals surface area contributed by atoms with E-state index in [-0.39, 0.29) is 0 Å². The fraction of sp³-hybridized carbons (Fsp3) is 0.909. The average Bonchev–Trinajstić information content (AvgIpc) is 2.93. The topological polar surface area (TPSA) is 329 Å². The Bertz CT molecular complexity index is 899. The molecule has 0 bridgehead atoms. The molecule has 3 aliphatic rings. The Hall–Kier alpha value is -1.50. The van der Waals surface area contributed by atoms with E-state index in [0.29, 0.717) is 0 Å². The standard InChI is InChI=1S/C22H39N3O16/c1-6(29)2-9(30)40-22(5-28)18(34)15(33)12(25)21(41-22)39-17-8(4-27)37-20(11(24)14(17)32)38-16-7(3-26)36-19(35)10(23)13(16)31/h7-8,10-21,26-28,31-35H,2-5,23-25H2,1H3/t7-,8-,10-,11-,12-,13-,14-,15-,16?,17?,18+,19-,20+,21+,22+/m1/s1. The number of aliphatic hydroxyl groups is 8. The van der Waals surface area contributed by atoms with E-state index in [1.54, 1.807) is 0 Å². The molecular formula is C22H39N3O16. The minimum absolute atomic E-state index is 0.603. The van der Waals surface area contributed by atoms with Crippen LogP contribution in [0.15, 0.2) is 0 Å². The maximum absolute atomic E-state index is 12.1. The summed E-state index contributed by atoms with van der Waals surface area (Å²) in [5.41, 5.74) is 17.7. The zero-order valence-electron chi connectivity index (χ0n) is 22.0. The number of rotatable bonds is 10. The molecule has 2 unspecified atom stereocenters. The van der Waals surface area contributed by atoms with Gasteiger partial charge in [-0.05, 0) is 6.92 Å². The van der Waals surface area contributed by atoms with Crippen molar-refractivity contribution in [3.8, 4) is 0 Å². The molecule has 0 amide bonds. The van der Waals surface area contributed by atoms with Crippen molar-refractivity contribution in [1.29, 1.82) is 0 Å². The second-order valence-electron chi connectivity index (χ2n) is 10.1. The highest BCUT2D eigenvalue weighted by molar-refractivity contribution is 5.94. The Labute approximate surface area is 233 Å². The number of Topliss-reactive ketones (excluding diaryl/α,β-unsaturated/α-hetero) is 1. The Morgan fingerprint density at radius 3 is 1.83 bits per heavy atom. The summed E-state index contributed by atoms with van der Waals surface area (Å²) in [4.78, 5) is 23.4. The highest BCUT2D eigenvalue weighted by atomic mass is 16.8.